The van der Waals surface area contributed by atoms with E-state index >= 15 is 0 Å². The van der Waals surface area contributed by atoms with E-state index in [2.05, 4.69) is 25.9 Å². The van der Waals surface area contributed by atoms with E-state index < -0.39 is 0 Å². The number of halogens is 1. The Kier molecular flexibility index (Phi) is 6.54. The number of amides is 1. The number of benzene rings is 2. The topological polar surface area (TPSA) is 108 Å². The summed E-state index contributed by atoms with van der Waals surface area (Å²) >= 11 is 0. The van der Waals surface area contributed by atoms with Gasteiger partial charge in [-0.2, -0.15) is 0 Å². The number of carbonyl (C=O) groups excluding carboxylic acids is 1. The van der Waals surface area contributed by atoms with Gasteiger partial charge in [0.1, 0.15) is 17.7 Å². The van der Waals surface area contributed by atoms with Crippen LogP contribution in [0.1, 0.15) is 23.2 Å². The molecule has 8 nitrogen and oxygen atoms in total. The van der Waals surface area contributed by atoms with Crippen molar-refractivity contribution in [2.75, 3.05) is 31.6 Å². The normalized spacial score (nSPS) is 14.4. The fourth-order valence-corrected chi connectivity index (χ4v) is 3.45. The average Bonchev–Trinajstić information content (AvgIpc) is 2.78. The second kappa shape index (κ2) is 9.67. The summed E-state index contributed by atoms with van der Waals surface area (Å²) in [5.41, 5.74) is 1.50. The molecule has 1 aliphatic heterocycles. The number of piperidine rings is 1. The quantitative estimate of drug-likeness (QED) is 0.460. The molecule has 2 aromatic carbocycles. The second-order valence-corrected chi connectivity index (χ2v) is 7.28. The molecule has 4 N–H and O–H groups in total. The smallest absolute Gasteiger partial charge is 0.255 e. The molecule has 2 heterocycles. The molecule has 0 unspecified atom stereocenters. The van der Waals surface area contributed by atoms with Crippen LogP contribution in [0.3, 0.4) is 0 Å². The molecule has 0 bridgehead atoms. The Labute approximate surface area is 178 Å². The monoisotopic (exact) mass is 425 g/mol. The number of carbonyl (C=O) groups is 1. The zero-order chi connectivity index (χ0) is 21.6. The van der Waals surface area contributed by atoms with Gasteiger partial charge in [0.25, 0.3) is 5.91 Å². The van der Waals surface area contributed by atoms with Crippen molar-refractivity contribution in [2.24, 2.45) is 0 Å². The fourth-order valence-electron chi connectivity index (χ4n) is 3.45. The van der Waals surface area contributed by atoms with Gasteiger partial charge < -0.3 is 25.8 Å². The maximum absolute atomic E-state index is 13.5. The highest BCUT2D eigenvalue weighted by atomic mass is 19.1. The lowest BCUT2D eigenvalue weighted by atomic mass is 10.1. The Balaban J connectivity index is 1.66. The predicted molar refractivity (Wildman–Crippen MR) is 115 cm³/mol. The number of hydrogen-bond acceptors (Lipinski definition) is 7. The van der Waals surface area contributed by atoms with Crippen molar-refractivity contribution >= 4 is 28.4 Å². The van der Waals surface area contributed by atoms with Gasteiger partial charge in [-0.05, 0) is 50.2 Å². The van der Waals surface area contributed by atoms with Crippen LogP contribution in [-0.2, 0) is 0 Å². The molecule has 0 atom stereocenters. The largest absolute Gasteiger partial charge is 0.489 e. The van der Waals surface area contributed by atoms with Gasteiger partial charge in [0.05, 0.1) is 17.7 Å². The number of fused-ring (bicyclic) bond motifs is 1. The third-order valence-corrected chi connectivity index (χ3v) is 4.98. The molecule has 9 heteroatoms. The summed E-state index contributed by atoms with van der Waals surface area (Å²) < 4.78 is 19.6. The number of aliphatic hydroxyl groups is 1. The molecular formula is C22H24FN5O3. The number of hydrogen-bond donors (Lipinski definition) is 4. The number of aliphatic hydroxyl groups excluding tert-OH is 1. The first-order valence-corrected chi connectivity index (χ1v) is 10.2. The van der Waals surface area contributed by atoms with E-state index in [1.807, 2.05) is 0 Å². The molecule has 0 spiro atoms. The van der Waals surface area contributed by atoms with Crippen LogP contribution in [0.2, 0.25) is 0 Å². The number of nitrogens with zero attached hydrogens (tertiary/aromatic N) is 2. The van der Waals surface area contributed by atoms with Crippen LogP contribution in [0.4, 0.5) is 16.0 Å². The predicted octanol–water partition coefficient (Wildman–Crippen LogP) is 2.37. The molecule has 1 fully saturated rings. The highest BCUT2D eigenvalue weighted by molar-refractivity contribution is 6.01. The lowest BCUT2D eigenvalue weighted by molar-refractivity contribution is 0.0934. The van der Waals surface area contributed by atoms with Crippen LogP contribution >= 0.6 is 0 Å². The standard InChI is InChI=1S/C22H24FN5O3/c23-15-2-1-3-16(11-15)27-22-26-13-14-10-18(21(30)25-8-9-29)20(12-19(14)28-22)31-17-4-6-24-7-5-17/h1-3,10-13,17,24,29H,4-9H2,(H,25,30)(H,26,27,28). The Morgan fingerprint density at radius 3 is 2.87 bits per heavy atom. The van der Waals surface area contributed by atoms with Gasteiger partial charge in [0.2, 0.25) is 5.95 Å². The molecule has 1 amide bonds. The average molecular weight is 425 g/mol. The van der Waals surface area contributed by atoms with Gasteiger partial charge in [0, 0.05) is 29.9 Å². The second-order valence-electron chi connectivity index (χ2n) is 7.28. The van der Waals surface area contributed by atoms with Crippen molar-refractivity contribution in [1.82, 2.24) is 20.6 Å². The van der Waals surface area contributed by atoms with E-state index in [4.69, 9.17) is 9.84 Å². The van der Waals surface area contributed by atoms with Gasteiger partial charge in [-0.1, -0.05) is 6.07 Å². The fraction of sp³-hybridized carbons (Fsp3) is 0.318. The van der Waals surface area contributed by atoms with Gasteiger partial charge in [-0.15, -0.1) is 0 Å². The SMILES string of the molecule is O=C(NCCO)c1cc2cnc(Nc3cccc(F)c3)nc2cc1OC1CCNCC1. The number of ether oxygens (including phenoxy) is 1. The van der Waals surface area contributed by atoms with Crippen molar-refractivity contribution in [3.05, 3.63) is 54.0 Å². The van der Waals surface area contributed by atoms with Crippen LogP contribution in [0.5, 0.6) is 5.75 Å². The number of anilines is 2. The summed E-state index contributed by atoms with van der Waals surface area (Å²) in [6.45, 7) is 1.71. The van der Waals surface area contributed by atoms with E-state index in [-0.39, 0.29) is 31.0 Å². The maximum Gasteiger partial charge on any atom is 0.255 e. The van der Waals surface area contributed by atoms with Crippen molar-refractivity contribution in [2.45, 2.75) is 18.9 Å². The zero-order valence-corrected chi connectivity index (χ0v) is 16.9. The van der Waals surface area contributed by atoms with Crippen LogP contribution in [0, 0.1) is 5.82 Å². The van der Waals surface area contributed by atoms with Gasteiger partial charge in [-0.25, -0.2) is 14.4 Å². The zero-order valence-electron chi connectivity index (χ0n) is 16.9. The Morgan fingerprint density at radius 1 is 1.26 bits per heavy atom. The van der Waals surface area contributed by atoms with E-state index in [0.29, 0.717) is 33.9 Å². The van der Waals surface area contributed by atoms with Gasteiger partial charge >= 0.3 is 0 Å². The highest BCUT2D eigenvalue weighted by Crippen LogP contribution is 2.28. The van der Waals surface area contributed by atoms with Crippen molar-refractivity contribution in [1.29, 1.82) is 0 Å². The van der Waals surface area contributed by atoms with Crippen LogP contribution in [0.25, 0.3) is 10.9 Å². The van der Waals surface area contributed by atoms with Crippen molar-refractivity contribution in [3.63, 3.8) is 0 Å². The summed E-state index contributed by atoms with van der Waals surface area (Å²) in [6.07, 6.45) is 3.27. The van der Waals surface area contributed by atoms with Crippen molar-refractivity contribution < 1.29 is 19.0 Å². The molecular weight excluding hydrogens is 401 g/mol. The summed E-state index contributed by atoms with van der Waals surface area (Å²) in [7, 11) is 0. The Bertz CT molecular complexity index is 1070. The molecule has 0 radical (unpaired) electrons. The Hall–Kier alpha value is -3.30. The summed E-state index contributed by atoms with van der Waals surface area (Å²) in [4.78, 5) is 21.4. The molecule has 162 valence electrons. The van der Waals surface area contributed by atoms with Gasteiger partial charge in [-0.3, -0.25) is 4.79 Å². The van der Waals surface area contributed by atoms with E-state index in [1.165, 1.54) is 12.1 Å². The van der Waals surface area contributed by atoms with E-state index in [0.717, 1.165) is 25.9 Å². The molecule has 1 aliphatic rings. The molecule has 0 saturated carbocycles. The lowest BCUT2D eigenvalue weighted by Gasteiger charge is -2.25. The van der Waals surface area contributed by atoms with Gasteiger partial charge in [0.15, 0.2) is 0 Å². The first-order valence-electron chi connectivity index (χ1n) is 10.2. The molecule has 3 aromatic rings. The third-order valence-electron chi connectivity index (χ3n) is 4.98. The van der Waals surface area contributed by atoms with E-state index in [1.54, 1.807) is 30.5 Å². The maximum atomic E-state index is 13.5. The van der Waals surface area contributed by atoms with Crippen LogP contribution in [0.15, 0.2) is 42.6 Å². The first kappa shape index (κ1) is 21.0. The lowest BCUT2D eigenvalue weighted by Crippen LogP contribution is -2.34. The first-order chi connectivity index (χ1) is 15.1. The minimum absolute atomic E-state index is 0.00480. The Morgan fingerprint density at radius 2 is 2.10 bits per heavy atom. The highest BCUT2D eigenvalue weighted by Gasteiger charge is 2.20. The number of nitrogens with one attached hydrogen (secondary N) is 3. The molecule has 1 aromatic heterocycles. The van der Waals surface area contributed by atoms with Crippen LogP contribution in [-0.4, -0.2) is 53.3 Å². The summed E-state index contributed by atoms with van der Waals surface area (Å²) in [5.74, 6) is 0.0532. The third kappa shape index (κ3) is 5.25. The molecule has 4 rings (SSSR count). The molecule has 1 saturated heterocycles. The number of aromatic nitrogens is 2. The number of rotatable bonds is 7. The van der Waals surface area contributed by atoms with Crippen molar-refractivity contribution in [3.8, 4) is 5.75 Å². The van der Waals surface area contributed by atoms with Crippen LogP contribution < -0.4 is 20.7 Å². The molecule has 31 heavy (non-hydrogen) atoms. The minimum atomic E-state index is -0.359. The van der Waals surface area contributed by atoms with E-state index in [9.17, 15) is 9.18 Å². The molecule has 0 aliphatic carbocycles. The minimum Gasteiger partial charge on any atom is -0.489 e. The summed E-state index contributed by atoms with van der Waals surface area (Å²) in [5, 5.41) is 18.6. The summed E-state index contributed by atoms with van der Waals surface area (Å²) in [6, 6.07) is 9.44.